The van der Waals surface area contributed by atoms with E-state index in [0.717, 1.165) is 18.7 Å². The van der Waals surface area contributed by atoms with Crippen molar-refractivity contribution >= 4 is 11.8 Å². The maximum Gasteiger partial charge on any atom is 0.224 e. The first kappa shape index (κ1) is 15.6. The number of nitrogens with zero attached hydrogens (tertiary/aromatic N) is 2. The molecule has 0 radical (unpaired) electrons. The molecule has 1 aliphatic carbocycles. The summed E-state index contributed by atoms with van der Waals surface area (Å²) in [6, 6.07) is 21.5. The van der Waals surface area contributed by atoms with Crippen LogP contribution in [0, 0.1) is 0 Å². The van der Waals surface area contributed by atoms with Crippen molar-refractivity contribution in [1.82, 2.24) is 9.97 Å². The van der Waals surface area contributed by atoms with Crippen LogP contribution in [0.3, 0.4) is 0 Å². The first-order valence-corrected chi connectivity index (χ1v) is 8.76. The lowest BCUT2D eigenvalue weighted by Crippen LogP contribution is -2.21. The number of hydrogen-bond acceptors (Lipinski definition) is 4. The van der Waals surface area contributed by atoms with Crippen molar-refractivity contribution in [3.63, 3.8) is 0 Å². The number of fused-ring (bicyclic) bond motifs is 1. The van der Waals surface area contributed by atoms with E-state index in [9.17, 15) is 0 Å². The van der Waals surface area contributed by atoms with Crippen molar-refractivity contribution in [2.24, 2.45) is 0 Å². The number of aromatic nitrogens is 2. The standard InChI is InChI=1S/C21H22N4/c1-15(16-7-3-2-4-8-16)23-20-11-12-22-21(25-20)24-19-13-17-9-5-6-10-18(17)14-19/h2-12,15,19H,13-14H2,1H3,(H2,22,23,24,25). The van der Waals surface area contributed by atoms with Crippen LogP contribution in [0.5, 0.6) is 0 Å². The summed E-state index contributed by atoms with van der Waals surface area (Å²) < 4.78 is 0. The minimum Gasteiger partial charge on any atom is -0.363 e. The minimum absolute atomic E-state index is 0.194. The van der Waals surface area contributed by atoms with Crippen molar-refractivity contribution in [2.75, 3.05) is 10.6 Å². The molecule has 1 atom stereocenters. The first-order valence-electron chi connectivity index (χ1n) is 8.76. The van der Waals surface area contributed by atoms with Crippen molar-refractivity contribution in [3.05, 3.63) is 83.6 Å². The molecular formula is C21H22N4. The molecule has 0 saturated carbocycles. The Balaban J connectivity index is 1.42. The van der Waals surface area contributed by atoms with Crippen molar-refractivity contribution in [3.8, 4) is 0 Å². The summed E-state index contributed by atoms with van der Waals surface area (Å²) in [7, 11) is 0. The molecule has 4 nitrogen and oxygen atoms in total. The van der Waals surface area contributed by atoms with E-state index >= 15 is 0 Å². The van der Waals surface area contributed by atoms with E-state index < -0.39 is 0 Å². The van der Waals surface area contributed by atoms with E-state index in [0.29, 0.717) is 12.0 Å². The van der Waals surface area contributed by atoms with Gasteiger partial charge in [-0.2, -0.15) is 4.98 Å². The molecule has 0 amide bonds. The SMILES string of the molecule is CC(Nc1ccnc(NC2Cc3ccccc3C2)n1)c1ccccc1. The van der Waals surface area contributed by atoms with Gasteiger partial charge in [-0.15, -0.1) is 0 Å². The number of anilines is 2. The molecule has 3 aromatic rings. The van der Waals surface area contributed by atoms with Gasteiger partial charge in [0.15, 0.2) is 0 Å². The van der Waals surface area contributed by atoms with Crippen LogP contribution in [-0.2, 0) is 12.8 Å². The number of nitrogens with one attached hydrogen (secondary N) is 2. The molecule has 1 aliphatic rings. The van der Waals surface area contributed by atoms with Gasteiger partial charge in [0.05, 0.1) is 0 Å². The predicted octanol–water partition coefficient (Wildman–Crippen LogP) is 4.23. The van der Waals surface area contributed by atoms with Crippen molar-refractivity contribution in [1.29, 1.82) is 0 Å². The number of rotatable bonds is 5. The van der Waals surface area contributed by atoms with Crippen molar-refractivity contribution < 1.29 is 0 Å². The minimum atomic E-state index is 0.194. The fourth-order valence-corrected chi connectivity index (χ4v) is 3.40. The van der Waals surface area contributed by atoms with Gasteiger partial charge in [0.1, 0.15) is 5.82 Å². The molecular weight excluding hydrogens is 308 g/mol. The van der Waals surface area contributed by atoms with Crippen LogP contribution in [0.25, 0.3) is 0 Å². The average Bonchev–Trinajstić information content (AvgIpc) is 3.05. The Morgan fingerprint density at radius 2 is 1.60 bits per heavy atom. The molecule has 0 spiro atoms. The van der Waals surface area contributed by atoms with Crippen LogP contribution in [-0.4, -0.2) is 16.0 Å². The molecule has 2 aromatic carbocycles. The van der Waals surface area contributed by atoms with Crippen LogP contribution >= 0.6 is 0 Å². The summed E-state index contributed by atoms with van der Waals surface area (Å²) in [5.74, 6) is 1.52. The third-order valence-electron chi connectivity index (χ3n) is 4.70. The zero-order chi connectivity index (χ0) is 17.1. The molecule has 4 heteroatoms. The Morgan fingerprint density at radius 1 is 0.920 bits per heavy atom. The average molecular weight is 330 g/mol. The third kappa shape index (κ3) is 3.63. The smallest absolute Gasteiger partial charge is 0.224 e. The van der Waals surface area contributed by atoms with Crippen LogP contribution in [0.4, 0.5) is 11.8 Å². The van der Waals surface area contributed by atoms with Crippen LogP contribution in [0.1, 0.15) is 29.7 Å². The van der Waals surface area contributed by atoms with Gasteiger partial charge in [-0.05, 0) is 42.5 Å². The summed E-state index contributed by atoms with van der Waals surface area (Å²) in [5.41, 5.74) is 4.08. The quantitative estimate of drug-likeness (QED) is 0.735. The Labute approximate surface area is 148 Å². The van der Waals surface area contributed by atoms with Crippen LogP contribution in [0.2, 0.25) is 0 Å². The highest BCUT2D eigenvalue weighted by atomic mass is 15.2. The van der Waals surface area contributed by atoms with Gasteiger partial charge in [0, 0.05) is 18.3 Å². The summed E-state index contributed by atoms with van der Waals surface area (Å²) in [6.45, 7) is 2.14. The summed E-state index contributed by atoms with van der Waals surface area (Å²) >= 11 is 0. The molecule has 1 heterocycles. The molecule has 0 saturated heterocycles. The fraction of sp³-hybridized carbons (Fsp3) is 0.238. The predicted molar refractivity (Wildman–Crippen MR) is 102 cm³/mol. The summed E-state index contributed by atoms with van der Waals surface area (Å²) in [6.07, 6.45) is 3.85. The molecule has 1 unspecified atom stereocenters. The number of hydrogen-bond donors (Lipinski definition) is 2. The zero-order valence-electron chi connectivity index (χ0n) is 14.3. The zero-order valence-corrected chi connectivity index (χ0v) is 14.3. The first-order chi connectivity index (χ1) is 12.3. The van der Waals surface area contributed by atoms with E-state index in [-0.39, 0.29) is 6.04 Å². The molecule has 0 bridgehead atoms. The lowest BCUT2D eigenvalue weighted by atomic mass is 10.1. The van der Waals surface area contributed by atoms with E-state index in [1.54, 1.807) is 6.20 Å². The molecule has 2 N–H and O–H groups in total. The second-order valence-corrected chi connectivity index (χ2v) is 6.56. The van der Waals surface area contributed by atoms with Gasteiger partial charge in [-0.1, -0.05) is 54.6 Å². The maximum atomic E-state index is 4.63. The van der Waals surface area contributed by atoms with Crippen LogP contribution in [0.15, 0.2) is 66.9 Å². The summed E-state index contributed by atoms with van der Waals surface area (Å²) in [5, 5.41) is 6.93. The Hall–Kier alpha value is -2.88. The normalized spacial score (nSPS) is 14.8. The molecule has 0 fully saturated rings. The van der Waals surface area contributed by atoms with E-state index in [4.69, 9.17) is 0 Å². The van der Waals surface area contributed by atoms with Crippen LogP contribution < -0.4 is 10.6 Å². The highest BCUT2D eigenvalue weighted by Crippen LogP contribution is 2.24. The second kappa shape index (κ2) is 6.93. The van der Waals surface area contributed by atoms with Gasteiger partial charge < -0.3 is 10.6 Å². The van der Waals surface area contributed by atoms with Gasteiger partial charge in [0.2, 0.25) is 5.95 Å². The highest BCUT2D eigenvalue weighted by molar-refractivity contribution is 5.44. The van der Waals surface area contributed by atoms with Gasteiger partial charge in [-0.3, -0.25) is 0 Å². The Bertz CT molecular complexity index is 822. The topological polar surface area (TPSA) is 49.8 Å². The Kier molecular flexibility index (Phi) is 4.34. The molecule has 25 heavy (non-hydrogen) atoms. The van der Waals surface area contributed by atoms with E-state index in [1.807, 2.05) is 12.1 Å². The summed E-state index contributed by atoms with van der Waals surface area (Å²) in [4.78, 5) is 9.01. The van der Waals surface area contributed by atoms with Gasteiger partial charge in [0.25, 0.3) is 0 Å². The lowest BCUT2D eigenvalue weighted by Gasteiger charge is -2.16. The third-order valence-corrected chi connectivity index (χ3v) is 4.70. The number of benzene rings is 2. The molecule has 4 rings (SSSR count). The molecule has 126 valence electrons. The van der Waals surface area contributed by atoms with E-state index in [2.05, 4.69) is 76.1 Å². The second-order valence-electron chi connectivity index (χ2n) is 6.56. The highest BCUT2D eigenvalue weighted by Gasteiger charge is 2.21. The van der Waals surface area contributed by atoms with E-state index in [1.165, 1.54) is 16.7 Å². The lowest BCUT2D eigenvalue weighted by molar-refractivity contribution is 0.761. The Morgan fingerprint density at radius 3 is 2.32 bits per heavy atom. The maximum absolute atomic E-state index is 4.63. The monoisotopic (exact) mass is 330 g/mol. The fourth-order valence-electron chi connectivity index (χ4n) is 3.40. The van der Waals surface area contributed by atoms with Gasteiger partial charge in [-0.25, -0.2) is 4.98 Å². The molecule has 1 aromatic heterocycles. The van der Waals surface area contributed by atoms with Gasteiger partial charge >= 0.3 is 0 Å². The molecule has 0 aliphatic heterocycles. The largest absolute Gasteiger partial charge is 0.363 e. The van der Waals surface area contributed by atoms with Crippen molar-refractivity contribution in [2.45, 2.75) is 31.8 Å².